The van der Waals surface area contributed by atoms with E-state index in [1.807, 2.05) is 48.5 Å². The highest BCUT2D eigenvalue weighted by atomic mass is 32.2. The van der Waals surface area contributed by atoms with Gasteiger partial charge in [-0.05, 0) is 65.9 Å². The zero-order valence-electron chi connectivity index (χ0n) is 16.6. The van der Waals surface area contributed by atoms with Crippen LogP contribution >= 0.6 is 11.8 Å². The first-order chi connectivity index (χ1) is 15.6. The Balaban J connectivity index is 1.39. The van der Waals surface area contributed by atoms with E-state index in [0.29, 0.717) is 22.8 Å². The van der Waals surface area contributed by atoms with E-state index in [2.05, 4.69) is 25.9 Å². The van der Waals surface area contributed by atoms with Crippen LogP contribution in [0.4, 0.5) is 5.69 Å². The van der Waals surface area contributed by atoms with Crippen molar-refractivity contribution in [2.24, 2.45) is 0 Å². The number of rotatable bonds is 8. The van der Waals surface area contributed by atoms with E-state index >= 15 is 0 Å². The summed E-state index contributed by atoms with van der Waals surface area (Å²) in [6, 6.07) is 21.5. The molecule has 1 heterocycles. The van der Waals surface area contributed by atoms with E-state index in [1.165, 1.54) is 0 Å². The number of aromatic nitrogens is 4. The number of carbonyl (C=O) groups is 2. The van der Waals surface area contributed by atoms with Crippen molar-refractivity contribution in [2.45, 2.75) is 9.79 Å². The molecule has 4 aromatic rings. The molecule has 0 aliphatic rings. The van der Waals surface area contributed by atoms with Gasteiger partial charge in [0.1, 0.15) is 5.75 Å². The third-order valence-corrected chi connectivity index (χ3v) is 5.38. The predicted molar refractivity (Wildman–Crippen MR) is 118 cm³/mol. The first-order valence-electron chi connectivity index (χ1n) is 9.45. The summed E-state index contributed by atoms with van der Waals surface area (Å²) in [6.07, 6.45) is 0. The number of amides is 1. The summed E-state index contributed by atoms with van der Waals surface area (Å²) in [7, 11) is 0. The highest BCUT2D eigenvalue weighted by molar-refractivity contribution is 7.99. The average Bonchev–Trinajstić information content (AvgIpc) is 3.34. The van der Waals surface area contributed by atoms with Gasteiger partial charge in [0.15, 0.2) is 6.61 Å². The van der Waals surface area contributed by atoms with Crippen molar-refractivity contribution < 1.29 is 19.4 Å². The molecule has 0 saturated carbocycles. The van der Waals surface area contributed by atoms with Crippen molar-refractivity contribution in [3.63, 3.8) is 0 Å². The SMILES string of the molecule is O=C(O)COc1ccc(C(=O)Nc2ccc(Sc3ccccc3-c3nn[nH]n3)cc2)cc1. The highest BCUT2D eigenvalue weighted by Gasteiger charge is 2.11. The van der Waals surface area contributed by atoms with Crippen LogP contribution in [0.1, 0.15) is 10.4 Å². The standard InChI is InChI=1S/C22H17N5O4S/c28-20(29)13-31-16-9-5-14(6-10-16)22(30)23-15-7-11-17(12-8-15)32-19-4-2-1-3-18(19)21-24-26-27-25-21/h1-12H,13H2,(H,23,30)(H,28,29)(H,24,25,26,27). The normalized spacial score (nSPS) is 10.5. The van der Waals surface area contributed by atoms with Crippen molar-refractivity contribution in [3.8, 4) is 17.1 Å². The molecule has 160 valence electrons. The van der Waals surface area contributed by atoms with Crippen LogP contribution in [0.3, 0.4) is 0 Å². The number of tetrazole rings is 1. The number of carbonyl (C=O) groups excluding carboxylic acids is 1. The number of ether oxygens (including phenoxy) is 1. The molecule has 0 aliphatic heterocycles. The van der Waals surface area contributed by atoms with E-state index in [0.717, 1.165) is 15.4 Å². The van der Waals surface area contributed by atoms with Gasteiger partial charge in [0, 0.05) is 26.6 Å². The average molecular weight is 447 g/mol. The number of nitrogens with zero attached hydrogens (tertiary/aromatic N) is 3. The Morgan fingerprint density at radius 3 is 2.44 bits per heavy atom. The third-order valence-electron chi connectivity index (χ3n) is 4.29. The van der Waals surface area contributed by atoms with Gasteiger partial charge >= 0.3 is 5.97 Å². The van der Waals surface area contributed by atoms with E-state index in [9.17, 15) is 9.59 Å². The number of aromatic amines is 1. The molecule has 0 atom stereocenters. The molecule has 0 radical (unpaired) electrons. The molecule has 3 N–H and O–H groups in total. The maximum atomic E-state index is 12.5. The number of carboxylic acid groups (broad SMARTS) is 1. The van der Waals surface area contributed by atoms with Gasteiger partial charge in [-0.15, -0.1) is 10.2 Å². The smallest absolute Gasteiger partial charge is 0.341 e. The minimum atomic E-state index is -1.06. The van der Waals surface area contributed by atoms with Gasteiger partial charge in [-0.3, -0.25) is 4.79 Å². The molecule has 0 bridgehead atoms. The second-order valence-electron chi connectivity index (χ2n) is 6.52. The Hall–Kier alpha value is -4.18. The fourth-order valence-corrected chi connectivity index (χ4v) is 3.74. The molecule has 3 aromatic carbocycles. The second-order valence-corrected chi connectivity index (χ2v) is 7.63. The van der Waals surface area contributed by atoms with Crippen LogP contribution in [0.15, 0.2) is 82.6 Å². The minimum absolute atomic E-state index is 0.280. The first-order valence-corrected chi connectivity index (χ1v) is 10.3. The molecule has 1 amide bonds. The van der Waals surface area contributed by atoms with Crippen LogP contribution in [0.25, 0.3) is 11.4 Å². The number of anilines is 1. The molecule has 0 saturated heterocycles. The summed E-state index contributed by atoms with van der Waals surface area (Å²) < 4.78 is 5.07. The fraction of sp³-hybridized carbons (Fsp3) is 0.0455. The van der Waals surface area contributed by atoms with Gasteiger partial charge in [-0.2, -0.15) is 5.21 Å². The number of carboxylic acids is 1. The number of nitrogens with one attached hydrogen (secondary N) is 2. The Bertz CT molecular complexity index is 1210. The van der Waals surface area contributed by atoms with Gasteiger partial charge in [0.05, 0.1) is 0 Å². The number of H-pyrrole nitrogens is 1. The van der Waals surface area contributed by atoms with Gasteiger partial charge in [0.25, 0.3) is 5.91 Å². The van der Waals surface area contributed by atoms with Crippen LogP contribution < -0.4 is 10.1 Å². The zero-order chi connectivity index (χ0) is 22.3. The molecule has 1 aromatic heterocycles. The quantitative estimate of drug-likeness (QED) is 0.372. The molecular weight excluding hydrogens is 430 g/mol. The lowest BCUT2D eigenvalue weighted by molar-refractivity contribution is -0.139. The van der Waals surface area contributed by atoms with Gasteiger partial charge in [-0.1, -0.05) is 23.9 Å². The van der Waals surface area contributed by atoms with Crippen LogP contribution in [0, 0.1) is 0 Å². The summed E-state index contributed by atoms with van der Waals surface area (Å²) in [4.78, 5) is 25.0. The highest BCUT2D eigenvalue weighted by Crippen LogP contribution is 2.34. The van der Waals surface area contributed by atoms with Crippen LogP contribution in [0.5, 0.6) is 5.75 Å². The van der Waals surface area contributed by atoms with Crippen molar-refractivity contribution >= 4 is 29.3 Å². The number of benzene rings is 3. The summed E-state index contributed by atoms with van der Waals surface area (Å²) in [5.74, 6) is -0.438. The summed E-state index contributed by atoms with van der Waals surface area (Å²) >= 11 is 1.55. The number of hydrogen-bond donors (Lipinski definition) is 3. The molecule has 0 fully saturated rings. The van der Waals surface area contributed by atoms with Crippen LogP contribution in [-0.4, -0.2) is 44.2 Å². The molecule has 9 nitrogen and oxygen atoms in total. The van der Waals surface area contributed by atoms with E-state index in [4.69, 9.17) is 9.84 Å². The molecule has 4 rings (SSSR count). The first kappa shape index (κ1) is 21.1. The van der Waals surface area contributed by atoms with Gasteiger partial charge in [-0.25, -0.2) is 4.79 Å². The van der Waals surface area contributed by atoms with Crippen molar-refractivity contribution in [2.75, 3.05) is 11.9 Å². The monoisotopic (exact) mass is 447 g/mol. The molecule has 32 heavy (non-hydrogen) atoms. The third kappa shape index (κ3) is 5.29. The Kier molecular flexibility index (Phi) is 6.42. The Morgan fingerprint density at radius 2 is 1.75 bits per heavy atom. The molecule has 0 aliphatic carbocycles. The van der Waals surface area contributed by atoms with E-state index < -0.39 is 12.6 Å². The van der Waals surface area contributed by atoms with Crippen LogP contribution in [-0.2, 0) is 4.79 Å². The molecule has 0 unspecified atom stereocenters. The van der Waals surface area contributed by atoms with E-state index in [1.54, 1.807) is 36.0 Å². The maximum absolute atomic E-state index is 12.5. The lowest BCUT2D eigenvalue weighted by atomic mass is 10.2. The van der Waals surface area contributed by atoms with Gasteiger partial charge in [0.2, 0.25) is 5.82 Å². The largest absolute Gasteiger partial charge is 0.482 e. The lowest BCUT2D eigenvalue weighted by Crippen LogP contribution is -2.12. The van der Waals surface area contributed by atoms with Crippen molar-refractivity contribution in [3.05, 3.63) is 78.4 Å². The van der Waals surface area contributed by atoms with Crippen molar-refractivity contribution in [1.29, 1.82) is 0 Å². The summed E-state index contributed by atoms with van der Waals surface area (Å²) in [5.41, 5.74) is 1.96. The lowest BCUT2D eigenvalue weighted by Gasteiger charge is -2.09. The fourth-order valence-electron chi connectivity index (χ4n) is 2.80. The number of hydrogen-bond acceptors (Lipinski definition) is 7. The molecule has 0 spiro atoms. The zero-order valence-corrected chi connectivity index (χ0v) is 17.4. The minimum Gasteiger partial charge on any atom is -0.482 e. The molecule has 10 heteroatoms. The maximum Gasteiger partial charge on any atom is 0.341 e. The predicted octanol–water partition coefficient (Wildman–Crippen LogP) is 3.73. The van der Waals surface area contributed by atoms with E-state index in [-0.39, 0.29) is 5.91 Å². The topological polar surface area (TPSA) is 130 Å². The Labute approximate surface area is 186 Å². The number of aliphatic carboxylic acids is 1. The summed E-state index contributed by atoms with van der Waals surface area (Å²) in [5, 5.41) is 25.6. The Morgan fingerprint density at radius 1 is 1.00 bits per heavy atom. The molecular formula is C22H17N5O4S. The second kappa shape index (κ2) is 9.75. The summed E-state index contributed by atoms with van der Waals surface area (Å²) in [6.45, 7) is -0.435. The van der Waals surface area contributed by atoms with Gasteiger partial charge < -0.3 is 15.2 Å². The van der Waals surface area contributed by atoms with Crippen molar-refractivity contribution in [1.82, 2.24) is 20.6 Å². The van der Waals surface area contributed by atoms with Crippen LogP contribution in [0.2, 0.25) is 0 Å².